The molecule has 30 heavy (non-hydrogen) atoms. The second-order valence-electron chi connectivity index (χ2n) is 8.27. The van der Waals surface area contributed by atoms with Gasteiger partial charge in [0.05, 0.1) is 6.04 Å². The first-order valence-corrected chi connectivity index (χ1v) is 11.7. The van der Waals surface area contributed by atoms with E-state index in [1.54, 1.807) is 11.3 Å². The van der Waals surface area contributed by atoms with Gasteiger partial charge in [0.25, 0.3) is 5.91 Å². The molecule has 1 aromatic carbocycles. The summed E-state index contributed by atoms with van der Waals surface area (Å²) in [6, 6.07) is 10.7. The minimum atomic E-state index is -0.0578. The average Bonchev–Trinajstić information content (AvgIpc) is 3.09. The van der Waals surface area contributed by atoms with Crippen molar-refractivity contribution in [2.45, 2.75) is 58.4 Å². The number of nitrogens with one attached hydrogen (secondary N) is 1. The van der Waals surface area contributed by atoms with E-state index in [1.165, 1.54) is 30.6 Å². The van der Waals surface area contributed by atoms with Crippen LogP contribution < -0.4 is 10.1 Å². The lowest BCUT2D eigenvalue weighted by atomic mass is 10.0. The second-order valence-corrected chi connectivity index (χ2v) is 9.25. The van der Waals surface area contributed by atoms with Gasteiger partial charge >= 0.3 is 0 Å². The molecule has 6 heteroatoms. The standard InChI is InChI=1S/C24H34N2O2S.ClH/c1-18(2)20-11-10-19(3)15-22(20)28-17-24(27)25-16-21(23-9-8-14-29-23)26-12-6-4-5-7-13-26;/h8-11,14-15,18,21H,4-7,12-13,16-17H2,1-3H3,(H,25,27);1H. The highest BCUT2D eigenvalue weighted by Gasteiger charge is 2.23. The van der Waals surface area contributed by atoms with Crippen LogP contribution in [0.15, 0.2) is 35.7 Å². The fourth-order valence-corrected chi connectivity index (χ4v) is 4.81. The van der Waals surface area contributed by atoms with Gasteiger partial charge in [0.1, 0.15) is 5.75 Å². The number of likely N-dealkylation sites (tertiary alicyclic amines) is 1. The molecule has 2 aromatic rings. The Hall–Kier alpha value is -1.56. The smallest absolute Gasteiger partial charge is 0.258 e. The average molecular weight is 451 g/mol. The van der Waals surface area contributed by atoms with Crippen molar-refractivity contribution >= 4 is 29.7 Å². The molecule has 1 fully saturated rings. The van der Waals surface area contributed by atoms with Crippen LogP contribution in [-0.4, -0.2) is 37.0 Å². The molecular weight excluding hydrogens is 416 g/mol. The predicted octanol–water partition coefficient (Wildman–Crippen LogP) is 5.71. The Morgan fingerprint density at radius 2 is 1.90 bits per heavy atom. The van der Waals surface area contributed by atoms with E-state index in [4.69, 9.17) is 4.74 Å². The summed E-state index contributed by atoms with van der Waals surface area (Å²) in [6.45, 7) is 9.23. The summed E-state index contributed by atoms with van der Waals surface area (Å²) in [7, 11) is 0. The number of hydrogen-bond acceptors (Lipinski definition) is 4. The SMILES string of the molecule is Cc1ccc(C(C)C)c(OCC(=O)NCC(c2cccs2)N2CCCCCC2)c1.Cl. The van der Waals surface area contributed by atoms with Gasteiger partial charge in [0.2, 0.25) is 0 Å². The molecule has 1 N–H and O–H groups in total. The molecule has 1 aromatic heterocycles. The summed E-state index contributed by atoms with van der Waals surface area (Å²) in [5, 5.41) is 5.24. The molecule has 166 valence electrons. The summed E-state index contributed by atoms with van der Waals surface area (Å²) >= 11 is 1.78. The van der Waals surface area contributed by atoms with Gasteiger partial charge in [-0.15, -0.1) is 23.7 Å². The quantitative estimate of drug-likeness (QED) is 0.559. The number of nitrogens with zero attached hydrogens (tertiary/aromatic N) is 1. The molecule has 0 aliphatic carbocycles. The maximum atomic E-state index is 12.6. The fourth-order valence-electron chi connectivity index (χ4n) is 3.95. The van der Waals surface area contributed by atoms with Gasteiger partial charge in [-0.05, 0) is 67.4 Å². The van der Waals surface area contributed by atoms with Crippen LogP contribution in [0.1, 0.15) is 67.5 Å². The topological polar surface area (TPSA) is 41.6 Å². The van der Waals surface area contributed by atoms with Crippen molar-refractivity contribution in [2.75, 3.05) is 26.2 Å². The number of rotatable bonds is 8. The molecule has 1 aliphatic rings. The molecular formula is C24H35ClN2O2S. The van der Waals surface area contributed by atoms with Crippen LogP contribution in [0.2, 0.25) is 0 Å². The highest BCUT2D eigenvalue weighted by Crippen LogP contribution is 2.28. The van der Waals surface area contributed by atoms with Crippen LogP contribution in [0.25, 0.3) is 0 Å². The molecule has 4 nitrogen and oxygen atoms in total. The summed E-state index contributed by atoms with van der Waals surface area (Å²) in [4.78, 5) is 16.4. The molecule has 0 saturated carbocycles. The van der Waals surface area contributed by atoms with Crippen LogP contribution in [0.5, 0.6) is 5.75 Å². The van der Waals surface area contributed by atoms with Gasteiger partial charge in [-0.25, -0.2) is 0 Å². The van der Waals surface area contributed by atoms with Crippen molar-refractivity contribution in [1.29, 1.82) is 0 Å². The number of aryl methyl sites for hydroxylation is 1. The summed E-state index contributed by atoms with van der Waals surface area (Å²) < 4.78 is 5.91. The lowest BCUT2D eigenvalue weighted by molar-refractivity contribution is -0.123. The maximum absolute atomic E-state index is 12.6. The molecule has 1 atom stereocenters. The maximum Gasteiger partial charge on any atom is 0.258 e. The van der Waals surface area contributed by atoms with E-state index >= 15 is 0 Å². The van der Waals surface area contributed by atoms with Gasteiger partial charge in [-0.3, -0.25) is 9.69 Å². The molecule has 2 heterocycles. The first-order valence-electron chi connectivity index (χ1n) is 10.8. The van der Waals surface area contributed by atoms with Crippen molar-refractivity contribution in [3.63, 3.8) is 0 Å². The number of carbonyl (C=O) groups is 1. The molecule has 3 rings (SSSR count). The molecule has 1 amide bonds. The molecule has 0 spiro atoms. The minimum absolute atomic E-state index is 0. The number of carbonyl (C=O) groups excluding carboxylic acids is 1. The van der Waals surface area contributed by atoms with Crippen molar-refractivity contribution in [2.24, 2.45) is 0 Å². The van der Waals surface area contributed by atoms with Gasteiger partial charge < -0.3 is 10.1 Å². The van der Waals surface area contributed by atoms with Crippen molar-refractivity contribution in [1.82, 2.24) is 10.2 Å². The van der Waals surface area contributed by atoms with E-state index in [0.717, 1.165) is 30.0 Å². The lowest BCUT2D eigenvalue weighted by Crippen LogP contribution is -2.39. The third kappa shape index (κ3) is 7.00. The Morgan fingerprint density at radius 1 is 1.17 bits per heavy atom. The van der Waals surface area contributed by atoms with E-state index in [1.807, 2.05) is 13.0 Å². The van der Waals surface area contributed by atoms with E-state index in [9.17, 15) is 4.79 Å². The van der Waals surface area contributed by atoms with Crippen LogP contribution >= 0.6 is 23.7 Å². The normalized spacial score (nSPS) is 15.9. The zero-order valence-electron chi connectivity index (χ0n) is 18.4. The number of halogens is 1. The molecule has 0 bridgehead atoms. The van der Waals surface area contributed by atoms with Crippen molar-refractivity contribution in [3.8, 4) is 5.75 Å². The Morgan fingerprint density at radius 3 is 2.53 bits per heavy atom. The van der Waals surface area contributed by atoms with E-state index in [-0.39, 0.29) is 31.0 Å². The largest absolute Gasteiger partial charge is 0.483 e. The van der Waals surface area contributed by atoms with Gasteiger partial charge in [0, 0.05) is 11.4 Å². The Kier molecular flexibility index (Phi) is 10.2. The highest BCUT2D eigenvalue weighted by molar-refractivity contribution is 7.10. The van der Waals surface area contributed by atoms with E-state index < -0.39 is 0 Å². The first-order chi connectivity index (χ1) is 14.0. The number of thiophene rings is 1. The minimum Gasteiger partial charge on any atom is -0.483 e. The third-order valence-corrected chi connectivity index (χ3v) is 6.57. The summed E-state index contributed by atoms with van der Waals surface area (Å²) in [5.41, 5.74) is 2.29. The van der Waals surface area contributed by atoms with Crippen LogP contribution in [0.4, 0.5) is 0 Å². The zero-order valence-corrected chi connectivity index (χ0v) is 20.0. The third-order valence-electron chi connectivity index (χ3n) is 5.60. The van der Waals surface area contributed by atoms with Crippen LogP contribution in [0.3, 0.4) is 0 Å². The fraction of sp³-hybridized carbons (Fsp3) is 0.542. The Balaban J connectivity index is 0.00000320. The zero-order chi connectivity index (χ0) is 20.6. The van der Waals surface area contributed by atoms with Gasteiger partial charge in [-0.1, -0.05) is 44.9 Å². The number of benzene rings is 1. The van der Waals surface area contributed by atoms with Crippen LogP contribution in [0, 0.1) is 6.92 Å². The van der Waals surface area contributed by atoms with E-state index in [0.29, 0.717) is 12.5 Å². The Bertz CT molecular complexity index is 772. The second kappa shape index (κ2) is 12.3. The van der Waals surface area contributed by atoms with Crippen LogP contribution in [-0.2, 0) is 4.79 Å². The number of amides is 1. The molecule has 1 aliphatic heterocycles. The van der Waals surface area contributed by atoms with Gasteiger partial charge in [0.15, 0.2) is 6.61 Å². The van der Waals surface area contributed by atoms with Crippen molar-refractivity contribution < 1.29 is 9.53 Å². The first kappa shape index (κ1) is 24.7. The van der Waals surface area contributed by atoms with E-state index in [2.05, 4.69) is 53.7 Å². The molecule has 0 radical (unpaired) electrons. The lowest BCUT2D eigenvalue weighted by Gasteiger charge is -2.30. The van der Waals surface area contributed by atoms with Gasteiger partial charge in [-0.2, -0.15) is 0 Å². The summed E-state index contributed by atoms with van der Waals surface area (Å²) in [6.07, 6.45) is 5.10. The number of ether oxygens (including phenoxy) is 1. The monoisotopic (exact) mass is 450 g/mol. The predicted molar refractivity (Wildman–Crippen MR) is 128 cm³/mol. The van der Waals surface area contributed by atoms with Crippen molar-refractivity contribution in [3.05, 3.63) is 51.7 Å². The Labute approximate surface area is 191 Å². The molecule has 1 saturated heterocycles. The molecule has 1 unspecified atom stereocenters. The summed E-state index contributed by atoms with van der Waals surface area (Å²) in [5.74, 6) is 1.12. The number of hydrogen-bond donors (Lipinski definition) is 1. The highest BCUT2D eigenvalue weighted by atomic mass is 35.5.